The van der Waals surface area contributed by atoms with E-state index >= 15 is 0 Å². The first kappa shape index (κ1) is 20.8. The van der Waals surface area contributed by atoms with E-state index in [0.29, 0.717) is 16.8 Å². The number of carbonyl (C=O) groups is 2. The molecule has 0 aliphatic carbocycles. The minimum atomic E-state index is -0.186. The van der Waals surface area contributed by atoms with Gasteiger partial charge in [0.2, 0.25) is 0 Å². The van der Waals surface area contributed by atoms with E-state index in [9.17, 15) is 9.59 Å². The fourth-order valence-electron chi connectivity index (χ4n) is 4.12. The molecule has 1 fully saturated rings. The molecule has 1 saturated heterocycles. The number of allylic oxidation sites excluding steroid dienone is 1. The Labute approximate surface area is 172 Å². The highest BCUT2D eigenvalue weighted by atomic mass is 16.1. The highest BCUT2D eigenvalue weighted by Gasteiger charge is 2.43. The van der Waals surface area contributed by atoms with Crippen LogP contribution >= 0.6 is 0 Å². The summed E-state index contributed by atoms with van der Waals surface area (Å²) in [5, 5.41) is 2.93. The molecule has 0 spiro atoms. The zero-order valence-corrected chi connectivity index (χ0v) is 17.3. The Bertz CT molecular complexity index is 883. The summed E-state index contributed by atoms with van der Waals surface area (Å²) in [5.74, 6) is 0.553. The van der Waals surface area contributed by atoms with Gasteiger partial charge in [-0.25, -0.2) is 4.98 Å². The quantitative estimate of drug-likeness (QED) is 0.481. The molecule has 0 atom stereocenters. The Morgan fingerprint density at radius 2 is 2.00 bits per heavy atom. The fraction of sp³-hybridized carbons (Fsp3) is 0.375. The average molecular weight is 392 g/mol. The van der Waals surface area contributed by atoms with E-state index in [4.69, 9.17) is 0 Å². The van der Waals surface area contributed by atoms with Crippen LogP contribution < -0.4 is 10.2 Å². The van der Waals surface area contributed by atoms with Crippen LogP contribution in [0.4, 0.5) is 11.5 Å². The Balaban J connectivity index is 1.78. The lowest BCUT2D eigenvalue weighted by molar-refractivity contribution is 0.102. The van der Waals surface area contributed by atoms with Gasteiger partial charge in [0, 0.05) is 36.0 Å². The molecule has 2 aromatic rings. The fourth-order valence-corrected chi connectivity index (χ4v) is 4.12. The van der Waals surface area contributed by atoms with Crippen molar-refractivity contribution in [2.45, 2.75) is 39.5 Å². The maximum Gasteiger partial charge on any atom is 0.259 e. The van der Waals surface area contributed by atoms with Gasteiger partial charge in [-0.3, -0.25) is 9.59 Å². The zero-order chi connectivity index (χ0) is 20.9. The van der Waals surface area contributed by atoms with Crippen molar-refractivity contribution in [3.05, 3.63) is 65.9 Å². The lowest BCUT2D eigenvalue weighted by atomic mass is 9.72. The van der Waals surface area contributed by atoms with Crippen LogP contribution in [0.2, 0.25) is 0 Å². The lowest BCUT2D eigenvalue weighted by Crippen LogP contribution is -2.57. The predicted molar refractivity (Wildman–Crippen MR) is 118 cm³/mol. The minimum Gasteiger partial charge on any atom is -0.355 e. The van der Waals surface area contributed by atoms with Gasteiger partial charge in [0.25, 0.3) is 5.91 Å². The molecule has 1 aromatic heterocycles. The van der Waals surface area contributed by atoms with Crippen LogP contribution in [-0.4, -0.2) is 30.3 Å². The maximum atomic E-state index is 13.0. The van der Waals surface area contributed by atoms with Crippen LogP contribution in [-0.2, 0) is 0 Å². The molecule has 2 heterocycles. The second-order valence-electron chi connectivity index (χ2n) is 8.01. The van der Waals surface area contributed by atoms with E-state index in [1.807, 2.05) is 25.3 Å². The molecule has 5 nitrogen and oxygen atoms in total. The number of hydrogen-bond donors (Lipinski definition) is 1. The van der Waals surface area contributed by atoms with E-state index < -0.39 is 0 Å². The third-order valence-electron chi connectivity index (χ3n) is 5.56. The number of hydrogen-bond acceptors (Lipinski definition) is 4. The van der Waals surface area contributed by atoms with Gasteiger partial charge in [-0.05, 0) is 62.1 Å². The standard InChI is InChI=1S/C24H29N3O2/c1-4-6-12-24(11-5-2)16-27(17-24)22-21(13-18(3)14-25-22)23(29)26-20-9-7-19(15-28)8-10-20/h4,7-10,13-15H,1,5-6,11-12,16-17H2,2-3H3,(H,26,29). The van der Waals surface area contributed by atoms with Gasteiger partial charge >= 0.3 is 0 Å². The highest BCUT2D eigenvalue weighted by Crippen LogP contribution is 2.42. The van der Waals surface area contributed by atoms with Gasteiger partial charge < -0.3 is 10.2 Å². The number of aromatic nitrogens is 1. The second kappa shape index (κ2) is 9.03. The normalized spacial score (nSPS) is 14.8. The number of aldehydes is 1. The summed E-state index contributed by atoms with van der Waals surface area (Å²) in [6.07, 6.45) is 9.04. The number of nitrogens with one attached hydrogen (secondary N) is 1. The van der Waals surface area contributed by atoms with Crippen LogP contribution in [0.3, 0.4) is 0 Å². The third kappa shape index (κ3) is 4.73. The van der Waals surface area contributed by atoms with Crippen molar-refractivity contribution in [1.82, 2.24) is 4.98 Å². The number of carbonyl (C=O) groups excluding carboxylic acids is 2. The van der Waals surface area contributed by atoms with Gasteiger partial charge in [0.15, 0.2) is 0 Å². The molecule has 0 radical (unpaired) electrons. The number of amides is 1. The molecule has 0 unspecified atom stereocenters. The minimum absolute atomic E-state index is 0.186. The molecule has 1 aliphatic heterocycles. The van der Waals surface area contributed by atoms with Gasteiger partial charge in [0.1, 0.15) is 12.1 Å². The van der Waals surface area contributed by atoms with Crippen molar-refractivity contribution in [1.29, 1.82) is 0 Å². The summed E-state index contributed by atoms with van der Waals surface area (Å²) in [4.78, 5) is 30.6. The van der Waals surface area contributed by atoms with Crippen molar-refractivity contribution in [3.8, 4) is 0 Å². The maximum absolute atomic E-state index is 13.0. The lowest BCUT2D eigenvalue weighted by Gasteiger charge is -2.51. The SMILES string of the molecule is C=CCCC1(CCC)CN(c2ncc(C)cc2C(=O)Nc2ccc(C=O)cc2)C1. The summed E-state index contributed by atoms with van der Waals surface area (Å²) in [5.41, 5.74) is 3.05. The number of rotatable bonds is 9. The topological polar surface area (TPSA) is 62.3 Å². The Morgan fingerprint density at radius 3 is 2.62 bits per heavy atom. The number of pyridine rings is 1. The Kier molecular flexibility index (Phi) is 6.47. The van der Waals surface area contributed by atoms with E-state index in [1.54, 1.807) is 24.3 Å². The van der Waals surface area contributed by atoms with Gasteiger partial charge in [-0.15, -0.1) is 6.58 Å². The first-order chi connectivity index (χ1) is 14.0. The molecule has 5 heteroatoms. The van der Waals surface area contributed by atoms with Crippen molar-refractivity contribution >= 4 is 23.7 Å². The smallest absolute Gasteiger partial charge is 0.259 e. The monoisotopic (exact) mass is 391 g/mol. The van der Waals surface area contributed by atoms with Crippen LogP contribution in [0, 0.1) is 12.3 Å². The Hall–Kier alpha value is -2.95. The largest absolute Gasteiger partial charge is 0.355 e. The van der Waals surface area contributed by atoms with Crippen molar-refractivity contribution in [2.24, 2.45) is 5.41 Å². The Morgan fingerprint density at radius 1 is 1.28 bits per heavy atom. The molecule has 0 bridgehead atoms. The van der Waals surface area contributed by atoms with E-state index in [-0.39, 0.29) is 11.3 Å². The molecule has 1 amide bonds. The molecular formula is C24H29N3O2. The first-order valence-electron chi connectivity index (χ1n) is 10.2. The van der Waals surface area contributed by atoms with Gasteiger partial charge in [-0.2, -0.15) is 0 Å². The second-order valence-corrected chi connectivity index (χ2v) is 8.01. The zero-order valence-electron chi connectivity index (χ0n) is 17.3. The van der Waals surface area contributed by atoms with Crippen LogP contribution in [0.5, 0.6) is 0 Å². The number of benzene rings is 1. The van der Waals surface area contributed by atoms with Crippen LogP contribution in [0.25, 0.3) is 0 Å². The predicted octanol–water partition coefficient (Wildman–Crippen LogP) is 5.03. The highest BCUT2D eigenvalue weighted by molar-refractivity contribution is 6.07. The van der Waals surface area contributed by atoms with Crippen LogP contribution in [0.15, 0.2) is 49.2 Å². The first-order valence-corrected chi connectivity index (χ1v) is 10.2. The summed E-state index contributed by atoms with van der Waals surface area (Å²) < 4.78 is 0. The van der Waals surface area contributed by atoms with Crippen molar-refractivity contribution in [2.75, 3.05) is 23.3 Å². The van der Waals surface area contributed by atoms with Gasteiger partial charge in [-0.1, -0.05) is 19.4 Å². The molecular weight excluding hydrogens is 362 g/mol. The molecule has 29 heavy (non-hydrogen) atoms. The summed E-state index contributed by atoms with van der Waals surface area (Å²) >= 11 is 0. The molecule has 3 rings (SSSR count). The van der Waals surface area contributed by atoms with Crippen molar-refractivity contribution < 1.29 is 9.59 Å². The summed E-state index contributed by atoms with van der Waals surface area (Å²) in [7, 11) is 0. The van der Waals surface area contributed by atoms with E-state index in [2.05, 4.69) is 28.7 Å². The van der Waals surface area contributed by atoms with Crippen molar-refractivity contribution in [3.63, 3.8) is 0 Å². The number of nitrogens with zero attached hydrogens (tertiary/aromatic N) is 2. The van der Waals surface area contributed by atoms with E-state index in [0.717, 1.165) is 50.0 Å². The summed E-state index contributed by atoms with van der Waals surface area (Å²) in [6, 6.07) is 8.73. The average Bonchev–Trinajstić information content (AvgIpc) is 2.70. The number of anilines is 2. The molecule has 0 saturated carbocycles. The molecule has 1 aromatic carbocycles. The third-order valence-corrected chi connectivity index (χ3v) is 5.56. The van der Waals surface area contributed by atoms with Crippen LogP contribution in [0.1, 0.15) is 58.9 Å². The van der Waals surface area contributed by atoms with E-state index in [1.165, 1.54) is 6.42 Å². The molecule has 1 N–H and O–H groups in total. The molecule has 1 aliphatic rings. The van der Waals surface area contributed by atoms with Gasteiger partial charge in [0.05, 0.1) is 5.56 Å². The molecule has 152 valence electrons. The summed E-state index contributed by atoms with van der Waals surface area (Å²) in [6.45, 7) is 9.85. The number of aryl methyl sites for hydroxylation is 1.